The van der Waals surface area contributed by atoms with Crippen molar-refractivity contribution in [3.63, 3.8) is 0 Å². The summed E-state index contributed by atoms with van der Waals surface area (Å²) >= 11 is 0. The monoisotopic (exact) mass is 276 g/mol. The van der Waals surface area contributed by atoms with Crippen LogP contribution in [0.25, 0.3) is 0 Å². The van der Waals surface area contributed by atoms with Gasteiger partial charge in [-0.1, -0.05) is 58.0 Å². The lowest BCUT2D eigenvalue weighted by Gasteiger charge is -2.32. The van der Waals surface area contributed by atoms with E-state index in [1.807, 2.05) is 32.0 Å². The van der Waals surface area contributed by atoms with E-state index in [4.69, 9.17) is 5.73 Å². The van der Waals surface area contributed by atoms with E-state index in [-0.39, 0.29) is 11.3 Å². The van der Waals surface area contributed by atoms with Crippen LogP contribution in [0.3, 0.4) is 0 Å². The van der Waals surface area contributed by atoms with Crippen LogP contribution in [0.5, 0.6) is 0 Å². The summed E-state index contributed by atoms with van der Waals surface area (Å²) in [5.41, 5.74) is 6.54. The molecule has 0 aliphatic rings. The Kier molecular flexibility index (Phi) is 5.75. The van der Waals surface area contributed by atoms with Crippen LogP contribution >= 0.6 is 0 Å². The minimum atomic E-state index is -0.424. The number of amides is 1. The SMILES string of the molecule is CCC(CC)(CN)C(=O)NCC(C)(C)c1ccccc1. The number of carbonyl (C=O) groups excluding carboxylic acids is 1. The second kappa shape index (κ2) is 6.89. The predicted molar refractivity (Wildman–Crippen MR) is 84.5 cm³/mol. The maximum Gasteiger partial charge on any atom is 0.227 e. The normalized spacial score (nSPS) is 12.2. The second-order valence-electron chi connectivity index (χ2n) is 6.12. The van der Waals surface area contributed by atoms with Gasteiger partial charge in [-0.15, -0.1) is 0 Å². The zero-order valence-corrected chi connectivity index (χ0v) is 13.2. The Balaban J connectivity index is 2.73. The average molecular weight is 276 g/mol. The van der Waals surface area contributed by atoms with Crippen molar-refractivity contribution in [2.75, 3.05) is 13.1 Å². The molecular formula is C17H28N2O. The number of benzene rings is 1. The van der Waals surface area contributed by atoms with Crippen molar-refractivity contribution in [3.8, 4) is 0 Å². The lowest BCUT2D eigenvalue weighted by atomic mass is 9.80. The summed E-state index contributed by atoms with van der Waals surface area (Å²) < 4.78 is 0. The average Bonchev–Trinajstić information content (AvgIpc) is 2.48. The number of hydrogen-bond donors (Lipinski definition) is 2. The predicted octanol–water partition coefficient (Wildman–Crippen LogP) is 2.85. The molecule has 3 heteroatoms. The van der Waals surface area contributed by atoms with Gasteiger partial charge in [-0.05, 0) is 18.4 Å². The molecule has 0 saturated carbocycles. The molecule has 0 bridgehead atoms. The van der Waals surface area contributed by atoms with E-state index in [0.717, 1.165) is 12.8 Å². The Bertz CT molecular complexity index is 414. The van der Waals surface area contributed by atoms with Crippen molar-refractivity contribution in [2.45, 2.75) is 46.0 Å². The fourth-order valence-electron chi connectivity index (χ4n) is 2.43. The van der Waals surface area contributed by atoms with E-state index in [2.05, 4.69) is 31.3 Å². The summed E-state index contributed by atoms with van der Waals surface area (Å²) in [6.07, 6.45) is 1.55. The number of rotatable bonds is 7. The van der Waals surface area contributed by atoms with Crippen LogP contribution in [-0.4, -0.2) is 19.0 Å². The molecule has 20 heavy (non-hydrogen) atoms. The fourth-order valence-corrected chi connectivity index (χ4v) is 2.43. The Morgan fingerprint density at radius 1 is 1.15 bits per heavy atom. The zero-order valence-electron chi connectivity index (χ0n) is 13.2. The molecule has 1 rings (SSSR count). The zero-order chi connectivity index (χ0) is 15.2. The molecule has 1 amide bonds. The van der Waals surface area contributed by atoms with Crippen molar-refractivity contribution >= 4 is 5.91 Å². The topological polar surface area (TPSA) is 55.1 Å². The van der Waals surface area contributed by atoms with Gasteiger partial charge in [0.2, 0.25) is 5.91 Å². The highest BCUT2D eigenvalue weighted by Crippen LogP contribution is 2.26. The van der Waals surface area contributed by atoms with Crippen LogP contribution < -0.4 is 11.1 Å². The lowest BCUT2D eigenvalue weighted by molar-refractivity contribution is -0.131. The lowest BCUT2D eigenvalue weighted by Crippen LogP contribution is -2.48. The molecule has 0 aromatic heterocycles. The number of nitrogens with two attached hydrogens (primary N) is 1. The molecule has 1 aromatic rings. The molecule has 1 aromatic carbocycles. The van der Waals surface area contributed by atoms with Gasteiger partial charge in [-0.3, -0.25) is 4.79 Å². The van der Waals surface area contributed by atoms with Gasteiger partial charge in [0.1, 0.15) is 0 Å². The smallest absolute Gasteiger partial charge is 0.227 e. The quantitative estimate of drug-likeness (QED) is 0.804. The minimum Gasteiger partial charge on any atom is -0.355 e. The third kappa shape index (κ3) is 3.60. The molecule has 112 valence electrons. The largest absolute Gasteiger partial charge is 0.355 e. The van der Waals surface area contributed by atoms with E-state index in [9.17, 15) is 4.79 Å². The molecule has 0 radical (unpaired) electrons. The number of carbonyl (C=O) groups is 1. The van der Waals surface area contributed by atoms with Crippen molar-refractivity contribution in [3.05, 3.63) is 35.9 Å². The molecule has 3 N–H and O–H groups in total. The molecule has 0 spiro atoms. The summed E-state index contributed by atoms with van der Waals surface area (Å²) in [6, 6.07) is 10.3. The van der Waals surface area contributed by atoms with Crippen LogP contribution in [0.2, 0.25) is 0 Å². The van der Waals surface area contributed by atoms with Gasteiger partial charge in [0.05, 0.1) is 5.41 Å². The van der Waals surface area contributed by atoms with Crippen LogP contribution in [0, 0.1) is 5.41 Å². The third-order valence-corrected chi connectivity index (χ3v) is 4.47. The van der Waals surface area contributed by atoms with E-state index >= 15 is 0 Å². The van der Waals surface area contributed by atoms with Crippen molar-refractivity contribution in [1.29, 1.82) is 0 Å². The first-order valence-corrected chi connectivity index (χ1v) is 7.46. The number of nitrogens with one attached hydrogen (secondary N) is 1. The van der Waals surface area contributed by atoms with Crippen molar-refractivity contribution < 1.29 is 4.79 Å². The standard InChI is InChI=1S/C17H28N2O/c1-5-17(6-2,12-18)15(20)19-13-16(3,4)14-10-8-7-9-11-14/h7-11H,5-6,12-13,18H2,1-4H3,(H,19,20). The van der Waals surface area contributed by atoms with Gasteiger partial charge >= 0.3 is 0 Å². The van der Waals surface area contributed by atoms with Crippen molar-refractivity contribution in [1.82, 2.24) is 5.32 Å². The summed E-state index contributed by atoms with van der Waals surface area (Å²) in [7, 11) is 0. The maximum atomic E-state index is 12.4. The van der Waals surface area contributed by atoms with Crippen LogP contribution in [0.15, 0.2) is 30.3 Å². The van der Waals surface area contributed by atoms with Crippen LogP contribution in [-0.2, 0) is 10.2 Å². The van der Waals surface area contributed by atoms with Gasteiger partial charge in [0.25, 0.3) is 0 Å². The Morgan fingerprint density at radius 3 is 2.15 bits per heavy atom. The van der Waals surface area contributed by atoms with Gasteiger partial charge < -0.3 is 11.1 Å². The molecule has 0 heterocycles. The van der Waals surface area contributed by atoms with E-state index < -0.39 is 5.41 Å². The maximum absolute atomic E-state index is 12.4. The van der Waals surface area contributed by atoms with Gasteiger partial charge in [0, 0.05) is 18.5 Å². The third-order valence-electron chi connectivity index (χ3n) is 4.47. The van der Waals surface area contributed by atoms with Crippen molar-refractivity contribution in [2.24, 2.45) is 11.1 Å². The summed E-state index contributed by atoms with van der Waals surface area (Å²) in [5, 5.41) is 3.10. The highest BCUT2D eigenvalue weighted by molar-refractivity contribution is 5.82. The molecular weight excluding hydrogens is 248 g/mol. The Hall–Kier alpha value is -1.35. The molecule has 0 unspecified atom stereocenters. The van der Waals surface area contributed by atoms with E-state index in [0.29, 0.717) is 13.1 Å². The first kappa shape index (κ1) is 16.7. The van der Waals surface area contributed by atoms with E-state index in [1.165, 1.54) is 5.56 Å². The summed E-state index contributed by atoms with van der Waals surface area (Å²) in [5.74, 6) is 0.0778. The molecule has 0 atom stereocenters. The highest BCUT2D eigenvalue weighted by Gasteiger charge is 2.34. The second-order valence-corrected chi connectivity index (χ2v) is 6.12. The first-order valence-electron chi connectivity index (χ1n) is 7.46. The number of hydrogen-bond acceptors (Lipinski definition) is 2. The molecule has 0 aliphatic carbocycles. The Labute approximate surface area is 122 Å². The Morgan fingerprint density at radius 2 is 1.70 bits per heavy atom. The van der Waals surface area contributed by atoms with Gasteiger partial charge in [-0.2, -0.15) is 0 Å². The summed E-state index contributed by atoms with van der Waals surface area (Å²) in [4.78, 5) is 12.4. The molecule has 0 fully saturated rings. The van der Waals surface area contributed by atoms with E-state index in [1.54, 1.807) is 0 Å². The van der Waals surface area contributed by atoms with Crippen LogP contribution in [0.1, 0.15) is 46.1 Å². The minimum absolute atomic E-state index is 0.0778. The van der Waals surface area contributed by atoms with Crippen LogP contribution in [0.4, 0.5) is 0 Å². The van der Waals surface area contributed by atoms with Gasteiger partial charge in [0.15, 0.2) is 0 Å². The molecule has 0 saturated heterocycles. The summed E-state index contributed by atoms with van der Waals surface area (Å²) in [6.45, 7) is 9.36. The molecule has 0 aliphatic heterocycles. The molecule has 3 nitrogen and oxygen atoms in total. The fraction of sp³-hybridized carbons (Fsp3) is 0.588. The van der Waals surface area contributed by atoms with Gasteiger partial charge in [-0.25, -0.2) is 0 Å². The first-order chi connectivity index (χ1) is 9.41. The highest BCUT2D eigenvalue weighted by atomic mass is 16.2.